The molecule has 6 heteroatoms. The number of hydrogen-bond donors (Lipinski definition) is 2. The summed E-state index contributed by atoms with van der Waals surface area (Å²) >= 11 is 0. The van der Waals surface area contributed by atoms with E-state index >= 15 is 0 Å². The molecule has 0 saturated carbocycles. The second kappa shape index (κ2) is 4.62. The minimum atomic E-state index is -0.945. The number of carbonyl (C=O) groups excluding carboxylic acids is 1. The highest BCUT2D eigenvalue weighted by molar-refractivity contribution is 5.86. The first-order valence-electron chi connectivity index (χ1n) is 5.81. The van der Waals surface area contributed by atoms with Crippen LogP contribution in [0.1, 0.15) is 19.3 Å². The number of carboxylic acids is 1. The van der Waals surface area contributed by atoms with Crippen molar-refractivity contribution in [3.63, 3.8) is 0 Å². The molecule has 17 heavy (non-hydrogen) atoms. The molecule has 0 aromatic rings. The van der Waals surface area contributed by atoms with E-state index in [0.29, 0.717) is 26.1 Å². The summed E-state index contributed by atoms with van der Waals surface area (Å²) in [5.41, 5.74) is -0.915. The SMILES string of the molecule is O=C(O)C1CC(=O)N(CC2(O)CCOCC2)C1. The fourth-order valence-corrected chi connectivity index (χ4v) is 2.36. The Bertz CT molecular complexity index is 324. The van der Waals surface area contributed by atoms with Gasteiger partial charge in [-0.2, -0.15) is 0 Å². The normalized spacial score (nSPS) is 28.4. The van der Waals surface area contributed by atoms with Crippen LogP contribution < -0.4 is 0 Å². The van der Waals surface area contributed by atoms with Crippen LogP contribution in [0.15, 0.2) is 0 Å². The largest absolute Gasteiger partial charge is 0.481 e. The molecule has 6 nitrogen and oxygen atoms in total. The number of carboxylic acid groups (broad SMARTS) is 1. The van der Waals surface area contributed by atoms with E-state index in [9.17, 15) is 14.7 Å². The number of likely N-dealkylation sites (tertiary alicyclic amines) is 1. The highest BCUT2D eigenvalue weighted by Gasteiger charge is 2.39. The van der Waals surface area contributed by atoms with Gasteiger partial charge in [0.1, 0.15) is 0 Å². The lowest BCUT2D eigenvalue weighted by atomic mass is 9.94. The predicted octanol–water partition coefficient (Wildman–Crippen LogP) is -0.539. The van der Waals surface area contributed by atoms with Crippen molar-refractivity contribution in [3.8, 4) is 0 Å². The van der Waals surface area contributed by atoms with Crippen molar-refractivity contribution < 1.29 is 24.5 Å². The van der Waals surface area contributed by atoms with Crippen LogP contribution in [0, 0.1) is 5.92 Å². The highest BCUT2D eigenvalue weighted by Crippen LogP contribution is 2.26. The summed E-state index contributed by atoms with van der Waals surface area (Å²) in [7, 11) is 0. The molecule has 2 rings (SSSR count). The monoisotopic (exact) mass is 243 g/mol. The summed E-state index contributed by atoms with van der Waals surface area (Å²) in [5.74, 6) is -1.76. The number of amides is 1. The molecular weight excluding hydrogens is 226 g/mol. The van der Waals surface area contributed by atoms with Crippen LogP contribution in [0.5, 0.6) is 0 Å². The molecule has 0 aromatic heterocycles. The summed E-state index contributed by atoms with van der Waals surface area (Å²) < 4.78 is 5.16. The molecule has 0 radical (unpaired) electrons. The Hall–Kier alpha value is -1.14. The van der Waals surface area contributed by atoms with Gasteiger partial charge >= 0.3 is 5.97 Å². The van der Waals surface area contributed by atoms with E-state index in [1.54, 1.807) is 0 Å². The first-order valence-corrected chi connectivity index (χ1v) is 5.81. The van der Waals surface area contributed by atoms with Gasteiger partial charge in [-0.05, 0) is 0 Å². The fourth-order valence-electron chi connectivity index (χ4n) is 2.36. The van der Waals surface area contributed by atoms with Crippen LogP contribution in [0.3, 0.4) is 0 Å². The van der Waals surface area contributed by atoms with Crippen LogP contribution in [0.2, 0.25) is 0 Å². The van der Waals surface area contributed by atoms with Gasteiger partial charge in [0.05, 0.1) is 11.5 Å². The zero-order chi connectivity index (χ0) is 12.5. The van der Waals surface area contributed by atoms with E-state index < -0.39 is 17.5 Å². The molecule has 0 spiro atoms. The molecule has 0 bridgehead atoms. The predicted molar refractivity (Wildman–Crippen MR) is 57.3 cm³/mol. The van der Waals surface area contributed by atoms with Gasteiger partial charge in [0.15, 0.2) is 0 Å². The van der Waals surface area contributed by atoms with Gasteiger partial charge in [0.25, 0.3) is 0 Å². The molecule has 2 aliphatic rings. The fraction of sp³-hybridized carbons (Fsp3) is 0.818. The summed E-state index contributed by atoms with van der Waals surface area (Å²) in [6.07, 6.45) is 1.03. The molecule has 2 N–H and O–H groups in total. The summed E-state index contributed by atoms with van der Waals surface area (Å²) in [6.45, 7) is 1.40. The van der Waals surface area contributed by atoms with Crippen molar-refractivity contribution in [3.05, 3.63) is 0 Å². The number of aliphatic carboxylic acids is 1. The van der Waals surface area contributed by atoms with Gasteiger partial charge in [0, 0.05) is 45.6 Å². The molecule has 1 unspecified atom stereocenters. The van der Waals surface area contributed by atoms with E-state index in [1.807, 2.05) is 0 Å². The highest BCUT2D eigenvalue weighted by atomic mass is 16.5. The summed E-state index contributed by atoms with van der Waals surface area (Å²) in [6, 6.07) is 0. The number of β-amino-alcohol motifs (C(OH)–C–C–N with tert-alkyl or cyclic N) is 1. The topological polar surface area (TPSA) is 87.1 Å². The number of rotatable bonds is 3. The average Bonchev–Trinajstić information content (AvgIpc) is 2.61. The minimum absolute atomic E-state index is 0.0436. The van der Waals surface area contributed by atoms with E-state index in [1.165, 1.54) is 4.90 Å². The standard InChI is InChI=1S/C11H17NO5/c13-9-5-8(10(14)15)6-12(9)7-11(16)1-3-17-4-2-11/h8,16H,1-7H2,(H,14,15). The van der Waals surface area contributed by atoms with Crippen molar-refractivity contribution in [2.75, 3.05) is 26.3 Å². The Labute approximate surface area is 99.2 Å². The van der Waals surface area contributed by atoms with Crippen molar-refractivity contribution in [1.29, 1.82) is 0 Å². The lowest BCUT2D eigenvalue weighted by Gasteiger charge is -2.35. The van der Waals surface area contributed by atoms with Gasteiger partial charge in [-0.1, -0.05) is 0 Å². The Kier molecular flexibility index (Phi) is 3.35. The van der Waals surface area contributed by atoms with Crippen molar-refractivity contribution >= 4 is 11.9 Å². The third kappa shape index (κ3) is 2.76. The number of hydrogen-bond acceptors (Lipinski definition) is 4. The zero-order valence-corrected chi connectivity index (χ0v) is 9.59. The second-order valence-electron chi connectivity index (χ2n) is 4.85. The van der Waals surface area contributed by atoms with Gasteiger partial charge < -0.3 is 19.8 Å². The van der Waals surface area contributed by atoms with Crippen molar-refractivity contribution in [2.24, 2.45) is 5.92 Å². The Morgan fingerprint density at radius 3 is 2.65 bits per heavy atom. The molecular formula is C11H17NO5. The van der Waals surface area contributed by atoms with E-state index in [-0.39, 0.29) is 25.4 Å². The van der Waals surface area contributed by atoms with E-state index in [0.717, 1.165) is 0 Å². The number of ether oxygens (including phenoxy) is 1. The van der Waals surface area contributed by atoms with Gasteiger partial charge in [-0.3, -0.25) is 9.59 Å². The molecule has 2 fully saturated rings. The maximum absolute atomic E-state index is 11.6. The molecule has 96 valence electrons. The van der Waals surface area contributed by atoms with E-state index in [2.05, 4.69) is 0 Å². The molecule has 1 atom stereocenters. The first-order chi connectivity index (χ1) is 8.00. The quantitative estimate of drug-likeness (QED) is 0.695. The maximum atomic E-state index is 11.6. The number of nitrogens with zero attached hydrogens (tertiary/aromatic N) is 1. The Balaban J connectivity index is 1.95. The summed E-state index contributed by atoms with van der Waals surface area (Å²) in [5, 5.41) is 19.1. The van der Waals surface area contributed by atoms with Gasteiger partial charge in [-0.25, -0.2) is 0 Å². The van der Waals surface area contributed by atoms with Crippen LogP contribution in [0.4, 0.5) is 0 Å². The third-order valence-corrected chi connectivity index (χ3v) is 3.47. The molecule has 2 saturated heterocycles. The third-order valence-electron chi connectivity index (χ3n) is 3.47. The van der Waals surface area contributed by atoms with Crippen LogP contribution in [-0.4, -0.2) is 58.9 Å². The van der Waals surface area contributed by atoms with Crippen LogP contribution >= 0.6 is 0 Å². The van der Waals surface area contributed by atoms with Crippen molar-refractivity contribution in [1.82, 2.24) is 4.90 Å². The lowest BCUT2D eigenvalue weighted by molar-refractivity contribution is -0.141. The molecule has 2 aliphatic heterocycles. The van der Waals surface area contributed by atoms with E-state index in [4.69, 9.17) is 9.84 Å². The molecule has 1 amide bonds. The van der Waals surface area contributed by atoms with Gasteiger partial charge in [0.2, 0.25) is 5.91 Å². The zero-order valence-electron chi connectivity index (χ0n) is 9.59. The molecule has 0 aliphatic carbocycles. The lowest BCUT2D eigenvalue weighted by Crippen LogP contribution is -2.47. The van der Waals surface area contributed by atoms with Crippen LogP contribution in [0.25, 0.3) is 0 Å². The molecule has 2 heterocycles. The number of aliphatic hydroxyl groups is 1. The minimum Gasteiger partial charge on any atom is -0.481 e. The smallest absolute Gasteiger partial charge is 0.308 e. The van der Waals surface area contributed by atoms with Gasteiger partial charge in [-0.15, -0.1) is 0 Å². The summed E-state index contributed by atoms with van der Waals surface area (Å²) in [4.78, 5) is 23.9. The first kappa shape index (κ1) is 12.3. The van der Waals surface area contributed by atoms with Crippen LogP contribution in [-0.2, 0) is 14.3 Å². The van der Waals surface area contributed by atoms with Crippen molar-refractivity contribution in [2.45, 2.75) is 24.9 Å². The Morgan fingerprint density at radius 2 is 2.12 bits per heavy atom. The maximum Gasteiger partial charge on any atom is 0.308 e. The average molecular weight is 243 g/mol. The molecule has 0 aromatic carbocycles. The number of carbonyl (C=O) groups is 2. The second-order valence-corrected chi connectivity index (χ2v) is 4.85. The Morgan fingerprint density at radius 1 is 1.47 bits per heavy atom.